The molecular formula is C35H32Cl2N4. The predicted octanol–water partition coefficient (Wildman–Crippen LogP) is 8.60. The molecule has 0 aliphatic heterocycles. The zero-order valence-corrected chi connectivity index (χ0v) is 24.5. The molecule has 1 unspecified atom stereocenters. The first-order chi connectivity index (χ1) is 20.0. The van der Waals surface area contributed by atoms with Crippen LogP contribution in [0.4, 0.5) is 11.6 Å². The normalized spacial score (nSPS) is 14.0. The average molecular weight is 580 g/mol. The number of benzene rings is 4. The minimum atomic E-state index is 0.167. The fraction of sp³-hybridized carbons (Fsp3) is 0.200. The van der Waals surface area contributed by atoms with Crippen molar-refractivity contribution in [3.63, 3.8) is 0 Å². The van der Waals surface area contributed by atoms with Gasteiger partial charge in [-0.15, -0.1) is 0 Å². The summed E-state index contributed by atoms with van der Waals surface area (Å²) in [6.45, 7) is 2.08. The Morgan fingerprint density at radius 3 is 2.27 bits per heavy atom. The Hall–Kier alpha value is -3.70. The lowest BCUT2D eigenvalue weighted by molar-refractivity contribution is 0.343. The van der Waals surface area contributed by atoms with Crippen LogP contribution in [0, 0.1) is 0 Å². The number of hydrogen-bond acceptors (Lipinski definition) is 4. The van der Waals surface area contributed by atoms with Gasteiger partial charge in [0.25, 0.3) is 0 Å². The summed E-state index contributed by atoms with van der Waals surface area (Å²) in [5.74, 6) is 0.765. The van der Waals surface area contributed by atoms with Crippen LogP contribution < -0.4 is 5.32 Å². The van der Waals surface area contributed by atoms with Gasteiger partial charge in [0.2, 0.25) is 5.95 Å². The zero-order valence-electron chi connectivity index (χ0n) is 23.0. The monoisotopic (exact) mass is 578 g/mol. The van der Waals surface area contributed by atoms with Crippen molar-refractivity contribution in [2.45, 2.75) is 25.2 Å². The van der Waals surface area contributed by atoms with Gasteiger partial charge in [0, 0.05) is 36.5 Å². The number of likely N-dealkylation sites (N-methyl/N-ethyl adjacent to an activating group) is 1. The molecule has 1 N–H and O–H groups in total. The maximum absolute atomic E-state index is 6.37. The third-order valence-electron chi connectivity index (χ3n) is 7.84. The molecule has 0 saturated heterocycles. The van der Waals surface area contributed by atoms with E-state index in [1.165, 1.54) is 16.7 Å². The number of fused-ring (bicyclic) bond motifs is 3. The molecule has 1 aliphatic rings. The first-order valence-electron chi connectivity index (χ1n) is 14.0. The number of anilines is 2. The lowest BCUT2D eigenvalue weighted by atomic mass is 9.78. The summed E-state index contributed by atoms with van der Waals surface area (Å²) in [4.78, 5) is 12.0. The third-order valence-corrected chi connectivity index (χ3v) is 8.58. The molecule has 1 heterocycles. The Morgan fingerprint density at radius 2 is 1.51 bits per heavy atom. The van der Waals surface area contributed by atoms with Gasteiger partial charge in [-0.3, -0.25) is 0 Å². The van der Waals surface area contributed by atoms with Crippen LogP contribution in [0.2, 0.25) is 10.0 Å². The van der Waals surface area contributed by atoms with E-state index >= 15 is 0 Å². The molecule has 0 fully saturated rings. The molecule has 0 spiro atoms. The maximum atomic E-state index is 6.37. The van der Waals surface area contributed by atoms with Gasteiger partial charge in [0.15, 0.2) is 0 Å². The SMILES string of the molecule is CN(CCc1ccccc1)CCc1ccc(Nc2ncc3c(n2)-c2ccccc2C(c2ccc(Cl)c(Cl)c2)C3)cc1. The molecule has 206 valence electrons. The van der Waals surface area contributed by atoms with Gasteiger partial charge in [-0.1, -0.05) is 96.0 Å². The summed E-state index contributed by atoms with van der Waals surface area (Å²) in [5, 5.41) is 4.55. The number of nitrogens with one attached hydrogen (secondary N) is 1. The van der Waals surface area contributed by atoms with E-state index in [1.54, 1.807) is 0 Å². The van der Waals surface area contributed by atoms with Crippen LogP contribution in [0.15, 0.2) is 103 Å². The highest BCUT2D eigenvalue weighted by atomic mass is 35.5. The second kappa shape index (κ2) is 12.4. The quantitative estimate of drug-likeness (QED) is 0.190. The van der Waals surface area contributed by atoms with Crippen molar-refractivity contribution in [3.05, 3.63) is 141 Å². The molecule has 5 aromatic rings. The molecule has 0 saturated carbocycles. The predicted molar refractivity (Wildman–Crippen MR) is 171 cm³/mol. The third kappa shape index (κ3) is 6.46. The Bertz CT molecular complexity index is 1640. The fourth-order valence-electron chi connectivity index (χ4n) is 5.50. The lowest BCUT2D eigenvalue weighted by Crippen LogP contribution is -2.23. The van der Waals surface area contributed by atoms with Crippen LogP contribution in [0.5, 0.6) is 0 Å². The van der Waals surface area contributed by atoms with Crippen molar-refractivity contribution in [2.24, 2.45) is 0 Å². The van der Waals surface area contributed by atoms with E-state index in [-0.39, 0.29) is 5.92 Å². The van der Waals surface area contributed by atoms with Crippen molar-refractivity contribution in [1.29, 1.82) is 0 Å². The van der Waals surface area contributed by atoms with E-state index < -0.39 is 0 Å². The van der Waals surface area contributed by atoms with Crippen molar-refractivity contribution < 1.29 is 0 Å². The van der Waals surface area contributed by atoms with Gasteiger partial charge >= 0.3 is 0 Å². The molecule has 6 heteroatoms. The Morgan fingerprint density at radius 1 is 0.805 bits per heavy atom. The highest BCUT2D eigenvalue weighted by Crippen LogP contribution is 2.43. The number of aromatic nitrogens is 2. The minimum absolute atomic E-state index is 0.167. The van der Waals surface area contributed by atoms with Crippen molar-refractivity contribution in [1.82, 2.24) is 14.9 Å². The number of rotatable bonds is 9. The zero-order chi connectivity index (χ0) is 28.2. The van der Waals surface area contributed by atoms with Crippen LogP contribution in [-0.4, -0.2) is 35.0 Å². The first kappa shape index (κ1) is 27.5. The van der Waals surface area contributed by atoms with E-state index in [1.807, 2.05) is 18.3 Å². The molecule has 1 aliphatic carbocycles. The van der Waals surface area contributed by atoms with Gasteiger partial charge in [-0.2, -0.15) is 0 Å². The number of hydrogen-bond donors (Lipinski definition) is 1. The Labute approximate surface area is 252 Å². The van der Waals surface area contributed by atoms with Gasteiger partial charge in [-0.25, -0.2) is 9.97 Å². The summed E-state index contributed by atoms with van der Waals surface area (Å²) in [7, 11) is 2.19. The largest absolute Gasteiger partial charge is 0.324 e. The first-order valence-corrected chi connectivity index (χ1v) is 14.8. The van der Waals surface area contributed by atoms with Crippen molar-refractivity contribution >= 4 is 34.8 Å². The van der Waals surface area contributed by atoms with E-state index in [9.17, 15) is 0 Å². The summed E-state index contributed by atoms with van der Waals surface area (Å²) in [5.41, 5.74) is 9.28. The molecule has 1 atom stereocenters. The van der Waals surface area contributed by atoms with E-state index in [4.69, 9.17) is 28.2 Å². The Balaban J connectivity index is 1.11. The second-order valence-corrected chi connectivity index (χ2v) is 11.5. The fourth-order valence-corrected chi connectivity index (χ4v) is 5.81. The van der Waals surface area contributed by atoms with Crippen LogP contribution >= 0.6 is 23.2 Å². The van der Waals surface area contributed by atoms with Crippen LogP contribution in [0.3, 0.4) is 0 Å². The molecular weight excluding hydrogens is 547 g/mol. The van der Waals surface area contributed by atoms with E-state index in [0.717, 1.165) is 60.4 Å². The molecule has 4 nitrogen and oxygen atoms in total. The highest BCUT2D eigenvalue weighted by Gasteiger charge is 2.27. The number of nitrogens with zero attached hydrogens (tertiary/aromatic N) is 3. The second-order valence-electron chi connectivity index (χ2n) is 10.7. The van der Waals surface area contributed by atoms with Crippen molar-refractivity contribution in [2.75, 3.05) is 25.5 Å². The van der Waals surface area contributed by atoms with Gasteiger partial charge in [-0.05, 0) is 78.4 Å². The average Bonchev–Trinajstić information content (AvgIpc) is 3.01. The molecule has 6 rings (SSSR count). The molecule has 4 aromatic carbocycles. The van der Waals surface area contributed by atoms with Crippen LogP contribution in [-0.2, 0) is 19.3 Å². The minimum Gasteiger partial charge on any atom is -0.324 e. The smallest absolute Gasteiger partial charge is 0.227 e. The topological polar surface area (TPSA) is 41.0 Å². The number of halogens is 2. The van der Waals surface area contributed by atoms with Crippen LogP contribution in [0.1, 0.15) is 33.7 Å². The summed E-state index contributed by atoms with van der Waals surface area (Å²) in [6.07, 6.45) is 4.84. The lowest BCUT2D eigenvalue weighted by Gasteiger charge is -2.27. The molecule has 1 aromatic heterocycles. The standard InChI is InChI=1S/C35H32Cl2N4/c1-41(19-17-24-7-3-2-4-8-24)20-18-25-11-14-28(15-12-25)39-35-38-23-27-21-31(26-13-16-32(36)33(37)22-26)29-9-5-6-10-30(29)34(27)40-35/h2-16,22-23,31H,17-21H2,1H3,(H,38,39,40). The van der Waals surface area contributed by atoms with Crippen LogP contribution in [0.25, 0.3) is 11.3 Å². The molecule has 41 heavy (non-hydrogen) atoms. The van der Waals surface area contributed by atoms with E-state index in [0.29, 0.717) is 16.0 Å². The molecule has 0 bridgehead atoms. The van der Waals surface area contributed by atoms with E-state index in [2.05, 4.69) is 107 Å². The van der Waals surface area contributed by atoms with Crippen molar-refractivity contribution in [3.8, 4) is 11.3 Å². The summed E-state index contributed by atoms with van der Waals surface area (Å²) in [6, 6.07) is 33.6. The maximum Gasteiger partial charge on any atom is 0.227 e. The van der Waals surface area contributed by atoms with Gasteiger partial charge < -0.3 is 10.2 Å². The van der Waals surface area contributed by atoms with Gasteiger partial charge in [0.05, 0.1) is 15.7 Å². The highest BCUT2D eigenvalue weighted by molar-refractivity contribution is 6.42. The molecule has 0 radical (unpaired) electrons. The summed E-state index contributed by atoms with van der Waals surface area (Å²) < 4.78 is 0. The molecule has 0 amide bonds. The van der Waals surface area contributed by atoms with Gasteiger partial charge in [0.1, 0.15) is 0 Å². The Kier molecular flexibility index (Phi) is 8.33. The summed E-state index contributed by atoms with van der Waals surface area (Å²) >= 11 is 12.6.